The minimum absolute atomic E-state index is 0.0230. The molecule has 0 aliphatic carbocycles. The Morgan fingerprint density at radius 2 is 1.96 bits per heavy atom. The van der Waals surface area contributed by atoms with Crippen LogP contribution in [0.15, 0.2) is 24.3 Å². The van der Waals surface area contributed by atoms with Crippen LogP contribution in [0.1, 0.15) is 36.8 Å². The number of thioether (sulfide) groups is 1. The normalized spacial score (nSPS) is 22.0. The Balaban J connectivity index is 1.62. The first-order valence-electron chi connectivity index (χ1n) is 8.44. The summed E-state index contributed by atoms with van der Waals surface area (Å²) in [6.07, 6.45) is 1.81. The number of aliphatic hydroxyl groups is 1. The van der Waals surface area contributed by atoms with E-state index in [0.717, 1.165) is 31.5 Å². The van der Waals surface area contributed by atoms with Crippen molar-refractivity contribution in [3.63, 3.8) is 0 Å². The summed E-state index contributed by atoms with van der Waals surface area (Å²) in [5.41, 5.74) is 2.19. The van der Waals surface area contributed by atoms with Crippen LogP contribution < -0.4 is 0 Å². The molecule has 1 unspecified atom stereocenters. The SMILES string of the molecule is CC(=O)N1CSCC1C(=O)N1CCC(c2ccccc2CO)CC1. The molecule has 2 aliphatic rings. The third-order valence-corrected chi connectivity index (χ3v) is 6.06. The van der Waals surface area contributed by atoms with Crippen LogP contribution in [0, 0.1) is 0 Å². The van der Waals surface area contributed by atoms with E-state index in [-0.39, 0.29) is 24.5 Å². The first-order valence-corrected chi connectivity index (χ1v) is 9.59. The smallest absolute Gasteiger partial charge is 0.246 e. The summed E-state index contributed by atoms with van der Waals surface area (Å²) in [7, 11) is 0. The van der Waals surface area contributed by atoms with Crippen molar-refractivity contribution in [1.82, 2.24) is 9.80 Å². The zero-order chi connectivity index (χ0) is 17.1. The van der Waals surface area contributed by atoms with Gasteiger partial charge in [0.2, 0.25) is 11.8 Å². The molecule has 130 valence electrons. The van der Waals surface area contributed by atoms with E-state index in [1.165, 1.54) is 12.5 Å². The van der Waals surface area contributed by atoms with Crippen LogP contribution in [0.5, 0.6) is 0 Å². The molecule has 24 heavy (non-hydrogen) atoms. The number of amides is 2. The Bertz CT molecular complexity index is 614. The van der Waals surface area contributed by atoms with Crippen molar-refractivity contribution in [2.75, 3.05) is 24.7 Å². The van der Waals surface area contributed by atoms with Gasteiger partial charge in [-0.05, 0) is 29.9 Å². The predicted octanol–water partition coefficient (Wildman–Crippen LogP) is 1.81. The molecule has 2 heterocycles. The molecule has 0 radical (unpaired) electrons. The molecule has 0 aromatic heterocycles. The number of rotatable bonds is 3. The second kappa shape index (κ2) is 7.57. The first kappa shape index (κ1) is 17.3. The van der Waals surface area contributed by atoms with E-state index in [0.29, 0.717) is 17.5 Å². The van der Waals surface area contributed by atoms with Crippen LogP contribution in [0.25, 0.3) is 0 Å². The van der Waals surface area contributed by atoms with Gasteiger partial charge in [-0.25, -0.2) is 0 Å². The van der Waals surface area contributed by atoms with E-state index in [2.05, 4.69) is 6.07 Å². The fraction of sp³-hybridized carbons (Fsp3) is 0.556. The average Bonchev–Trinajstić information content (AvgIpc) is 3.11. The van der Waals surface area contributed by atoms with Gasteiger partial charge in [0.05, 0.1) is 12.5 Å². The van der Waals surface area contributed by atoms with Gasteiger partial charge < -0.3 is 14.9 Å². The number of aliphatic hydroxyl groups excluding tert-OH is 1. The van der Waals surface area contributed by atoms with E-state index in [1.807, 2.05) is 23.1 Å². The fourth-order valence-electron chi connectivity index (χ4n) is 3.66. The van der Waals surface area contributed by atoms with Crippen molar-refractivity contribution in [1.29, 1.82) is 0 Å². The Labute approximate surface area is 147 Å². The summed E-state index contributed by atoms with van der Waals surface area (Å²) in [6, 6.07) is 7.70. The lowest BCUT2D eigenvalue weighted by molar-refractivity contribution is -0.143. The Morgan fingerprint density at radius 1 is 1.25 bits per heavy atom. The van der Waals surface area contributed by atoms with Crippen LogP contribution in [-0.4, -0.2) is 57.5 Å². The molecule has 6 heteroatoms. The van der Waals surface area contributed by atoms with Gasteiger partial charge in [0, 0.05) is 25.8 Å². The summed E-state index contributed by atoms with van der Waals surface area (Å²) < 4.78 is 0. The Morgan fingerprint density at radius 3 is 2.62 bits per heavy atom. The maximum Gasteiger partial charge on any atom is 0.246 e. The average molecular weight is 348 g/mol. The predicted molar refractivity (Wildman–Crippen MR) is 94.6 cm³/mol. The number of carbonyl (C=O) groups excluding carboxylic acids is 2. The van der Waals surface area contributed by atoms with Crippen molar-refractivity contribution in [3.8, 4) is 0 Å². The number of hydrogen-bond acceptors (Lipinski definition) is 4. The van der Waals surface area contributed by atoms with Gasteiger partial charge in [-0.15, -0.1) is 11.8 Å². The molecular weight excluding hydrogens is 324 g/mol. The maximum atomic E-state index is 12.8. The summed E-state index contributed by atoms with van der Waals surface area (Å²) in [6.45, 7) is 3.03. The van der Waals surface area contributed by atoms with E-state index in [1.54, 1.807) is 16.7 Å². The van der Waals surface area contributed by atoms with Gasteiger partial charge in [0.25, 0.3) is 0 Å². The summed E-state index contributed by atoms with van der Waals surface area (Å²) in [5, 5.41) is 9.51. The number of piperidine rings is 1. The van der Waals surface area contributed by atoms with Crippen molar-refractivity contribution >= 4 is 23.6 Å². The number of likely N-dealkylation sites (tertiary alicyclic amines) is 1. The molecule has 3 rings (SSSR count). The summed E-state index contributed by atoms with van der Waals surface area (Å²) in [5.74, 6) is 1.77. The highest BCUT2D eigenvalue weighted by Gasteiger charge is 2.37. The molecule has 2 saturated heterocycles. The number of nitrogens with zero attached hydrogens (tertiary/aromatic N) is 2. The fourth-order valence-corrected chi connectivity index (χ4v) is 4.87. The Hall–Kier alpha value is -1.53. The monoisotopic (exact) mass is 348 g/mol. The molecule has 0 saturated carbocycles. The molecule has 1 aromatic carbocycles. The van der Waals surface area contributed by atoms with Crippen LogP contribution in [0.2, 0.25) is 0 Å². The minimum Gasteiger partial charge on any atom is -0.392 e. The van der Waals surface area contributed by atoms with Gasteiger partial charge in [-0.1, -0.05) is 24.3 Å². The highest BCUT2D eigenvalue weighted by atomic mass is 32.2. The van der Waals surface area contributed by atoms with E-state index < -0.39 is 0 Å². The zero-order valence-corrected chi connectivity index (χ0v) is 14.8. The highest BCUT2D eigenvalue weighted by Crippen LogP contribution is 2.31. The summed E-state index contributed by atoms with van der Waals surface area (Å²) in [4.78, 5) is 28.0. The molecule has 2 amide bonds. The quantitative estimate of drug-likeness (QED) is 0.905. The first-order chi connectivity index (χ1) is 11.6. The van der Waals surface area contributed by atoms with Gasteiger partial charge >= 0.3 is 0 Å². The van der Waals surface area contributed by atoms with Gasteiger partial charge in [-0.3, -0.25) is 9.59 Å². The molecule has 5 nitrogen and oxygen atoms in total. The molecule has 0 bridgehead atoms. The molecule has 1 atom stereocenters. The van der Waals surface area contributed by atoms with Gasteiger partial charge in [0.1, 0.15) is 6.04 Å². The van der Waals surface area contributed by atoms with E-state index >= 15 is 0 Å². The van der Waals surface area contributed by atoms with Crippen LogP contribution in [-0.2, 0) is 16.2 Å². The maximum absolute atomic E-state index is 12.8. The lowest BCUT2D eigenvalue weighted by Gasteiger charge is -2.35. The third kappa shape index (κ3) is 3.44. The van der Waals surface area contributed by atoms with Crippen LogP contribution in [0.3, 0.4) is 0 Å². The van der Waals surface area contributed by atoms with Crippen LogP contribution >= 0.6 is 11.8 Å². The van der Waals surface area contributed by atoms with Gasteiger partial charge in [-0.2, -0.15) is 0 Å². The zero-order valence-electron chi connectivity index (χ0n) is 14.0. The van der Waals surface area contributed by atoms with E-state index in [9.17, 15) is 14.7 Å². The number of benzene rings is 1. The van der Waals surface area contributed by atoms with Crippen molar-refractivity contribution in [2.24, 2.45) is 0 Å². The van der Waals surface area contributed by atoms with E-state index in [4.69, 9.17) is 0 Å². The molecule has 1 N–H and O–H groups in total. The second-order valence-corrected chi connectivity index (χ2v) is 7.46. The van der Waals surface area contributed by atoms with Crippen molar-refractivity contribution in [3.05, 3.63) is 35.4 Å². The molecular formula is C18H24N2O3S. The molecule has 0 spiro atoms. The minimum atomic E-state index is -0.297. The molecule has 2 fully saturated rings. The summed E-state index contributed by atoms with van der Waals surface area (Å²) >= 11 is 1.64. The second-order valence-electron chi connectivity index (χ2n) is 6.46. The van der Waals surface area contributed by atoms with Crippen molar-refractivity contribution < 1.29 is 14.7 Å². The lowest BCUT2D eigenvalue weighted by atomic mass is 9.86. The number of hydrogen-bond donors (Lipinski definition) is 1. The number of carbonyl (C=O) groups is 2. The van der Waals surface area contributed by atoms with Crippen molar-refractivity contribution in [2.45, 2.75) is 38.3 Å². The largest absolute Gasteiger partial charge is 0.392 e. The molecule has 1 aromatic rings. The Kier molecular flexibility index (Phi) is 5.46. The van der Waals surface area contributed by atoms with Gasteiger partial charge in [0.15, 0.2) is 0 Å². The highest BCUT2D eigenvalue weighted by molar-refractivity contribution is 7.99. The standard InChI is InChI=1S/C18H24N2O3S/c1-13(22)20-12-24-11-17(20)18(23)19-8-6-14(7-9-19)16-5-3-2-4-15(16)10-21/h2-5,14,17,21H,6-12H2,1H3. The lowest BCUT2D eigenvalue weighted by Crippen LogP contribution is -2.50. The third-order valence-electron chi connectivity index (χ3n) is 5.04. The van der Waals surface area contributed by atoms with Crippen LogP contribution in [0.4, 0.5) is 0 Å². The molecule has 2 aliphatic heterocycles. The topological polar surface area (TPSA) is 60.9 Å².